The number of ether oxygens (including phenoxy) is 9. The number of rotatable bonds is 17. The fourth-order valence-electron chi connectivity index (χ4n) is 11.9. The van der Waals surface area contributed by atoms with Gasteiger partial charge in [-0.2, -0.15) is 0 Å². The molecule has 438 valence electrons. The number of unbranched alkanes of at least 4 members (excludes halogenated alkanes) is 1. The number of amides is 3. The number of aromatic nitrogens is 2. The molecular formula is C62H63N5O17. The minimum absolute atomic E-state index is 0.0191. The number of nitrogens with one attached hydrogen (secondary N) is 3. The van der Waals surface area contributed by atoms with Crippen molar-refractivity contribution in [3.05, 3.63) is 128 Å². The third-order valence-corrected chi connectivity index (χ3v) is 16.4. The summed E-state index contributed by atoms with van der Waals surface area (Å²) in [5.74, 6) is -3.23. The zero-order chi connectivity index (χ0) is 59.1. The highest BCUT2D eigenvalue weighted by Gasteiger charge is 2.49. The van der Waals surface area contributed by atoms with Crippen molar-refractivity contribution >= 4 is 58.3 Å². The maximum atomic E-state index is 14.2. The third-order valence-electron chi connectivity index (χ3n) is 16.4. The summed E-state index contributed by atoms with van der Waals surface area (Å²) in [6.45, 7) is 7.74. The maximum Gasteiger partial charge on any atom is 0.412 e. The minimum atomic E-state index is -2.02. The number of hydrogen-bond donors (Lipinski definition) is 4. The lowest BCUT2D eigenvalue weighted by atomic mass is 9.83. The van der Waals surface area contributed by atoms with Crippen molar-refractivity contribution in [2.45, 2.75) is 116 Å². The van der Waals surface area contributed by atoms with E-state index in [0.29, 0.717) is 45.6 Å². The summed E-state index contributed by atoms with van der Waals surface area (Å²) >= 11 is 0. The Labute approximate surface area is 482 Å². The van der Waals surface area contributed by atoms with Crippen LogP contribution in [-0.2, 0) is 79.4 Å². The fraction of sp³-hybridized carbons (Fsp3) is 0.387. The molecule has 84 heavy (non-hydrogen) atoms. The molecule has 6 heterocycles. The van der Waals surface area contributed by atoms with E-state index < -0.39 is 77.5 Å². The molecule has 6 aromatic rings. The topological polar surface area (TPSA) is 277 Å². The Hall–Kier alpha value is -9.02. The molecule has 1 aliphatic carbocycles. The van der Waals surface area contributed by atoms with Crippen molar-refractivity contribution < 1.29 is 76.5 Å². The first-order valence-electron chi connectivity index (χ1n) is 28.0. The number of fused-ring (bicyclic) bond motifs is 9. The molecule has 4 aromatic carbocycles. The van der Waals surface area contributed by atoms with Gasteiger partial charge in [-0.05, 0) is 76.8 Å². The maximum absolute atomic E-state index is 14.2. The molecule has 2 aromatic heterocycles. The van der Waals surface area contributed by atoms with E-state index >= 15 is 0 Å². The van der Waals surface area contributed by atoms with Crippen molar-refractivity contribution in [2.75, 3.05) is 37.7 Å². The molecule has 22 nitrogen and oxygen atoms in total. The molecule has 5 aliphatic rings. The van der Waals surface area contributed by atoms with Gasteiger partial charge in [0.1, 0.15) is 31.3 Å². The Balaban J connectivity index is 0.842. The van der Waals surface area contributed by atoms with Crippen LogP contribution in [0, 0.1) is 11.8 Å². The minimum Gasteiger partial charge on any atom is -0.467 e. The predicted molar refractivity (Wildman–Crippen MR) is 301 cm³/mol. The first-order valence-corrected chi connectivity index (χ1v) is 28.0. The number of esters is 3. The molecule has 6 atom stereocenters. The molecule has 4 aliphatic heterocycles. The van der Waals surface area contributed by atoms with E-state index in [0.717, 1.165) is 40.7 Å². The number of carbonyl (C=O) groups is 6. The molecule has 1 fully saturated rings. The van der Waals surface area contributed by atoms with Gasteiger partial charge in [0.25, 0.3) is 5.56 Å². The molecule has 0 unspecified atom stereocenters. The van der Waals surface area contributed by atoms with E-state index in [2.05, 4.69) is 16.0 Å². The average Bonchev–Trinajstić information content (AvgIpc) is 1.71. The number of methoxy groups -OCH3 is 1. The SMILES string of the molecule is CCCCc1c2c(nc3cc4c(c(NC(=O)OCc5ccc(O[C@@H]6O[C@H](C(=O)OC)[C@@H](C)[C@H](C)[C@H]6OC(C)=O)c(NC(=O)CCNC(=O)OCC6c7ccccc7-c7ccccc76)c5)c13)OCO4)-c1cc3c(c(=O)n1C2)COC(=O)[C@]3(O)CC. The lowest BCUT2D eigenvalue weighted by Crippen LogP contribution is -2.55. The van der Waals surface area contributed by atoms with Gasteiger partial charge in [-0.15, -0.1) is 0 Å². The van der Waals surface area contributed by atoms with Gasteiger partial charge >= 0.3 is 30.1 Å². The van der Waals surface area contributed by atoms with Gasteiger partial charge in [-0.25, -0.2) is 24.2 Å². The number of benzene rings is 4. The van der Waals surface area contributed by atoms with Gasteiger partial charge in [-0.1, -0.05) is 88.7 Å². The number of hydrogen-bond acceptors (Lipinski definition) is 18. The predicted octanol–water partition coefficient (Wildman–Crippen LogP) is 8.25. The van der Waals surface area contributed by atoms with E-state index in [1.807, 2.05) is 55.5 Å². The van der Waals surface area contributed by atoms with Crippen LogP contribution in [0.25, 0.3) is 33.4 Å². The highest BCUT2D eigenvalue weighted by atomic mass is 16.7. The van der Waals surface area contributed by atoms with Gasteiger partial charge in [0, 0.05) is 54.3 Å². The van der Waals surface area contributed by atoms with Crippen molar-refractivity contribution in [2.24, 2.45) is 11.8 Å². The Morgan fingerprint density at radius 1 is 0.869 bits per heavy atom. The zero-order valence-electron chi connectivity index (χ0n) is 47.1. The standard InChI is InChI=1S/C62H63N5O17/c1-7-9-14-39-40-26-67-46(24-43-42(56(67)70)29-77-59(72)62(43,75)8-2)51(40)65-45-25-48-55(81-30-80-48)52(50(39)45)66-61(74)78-27-34-19-20-47(83-58-54(82-33(5)68)32(4)31(3)53(84-58)57(71)76-6)44(23-34)64-49(69)21-22-63-60(73)79-28-41-37-17-12-10-15-35(37)36-16-11-13-18-38(36)41/h10-13,15-20,23-25,31-32,41,53-54,58,75H,7-9,14,21-22,26-30H2,1-6H3,(H,63,73)(H,64,69)(H,66,74)/t31-,32-,53-,54+,58+,62-/m0/s1. The Morgan fingerprint density at radius 2 is 1.62 bits per heavy atom. The molecule has 11 rings (SSSR count). The van der Waals surface area contributed by atoms with Crippen LogP contribution in [0.5, 0.6) is 17.2 Å². The van der Waals surface area contributed by atoms with Gasteiger partial charge in [0.05, 0.1) is 41.8 Å². The van der Waals surface area contributed by atoms with Crippen LogP contribution < -0.4 is 35.7 Å². The van der Waals surface area contributed by atoms with Crippen LogP contribution in [0.1, 0.15) is 105 Å². The Bertz CT molecular complexity index is 3680. The van der Waals surface area contributed by atoms with Gasteiger partial charge in [0.2, 0.25) is 19.0 Å². The largest absolute Gasteiger partial charge is 0.467 e. The van der Waals surface area contributed by atoms with Crippen molar-refractivity contribution in [3.63, 3.8) is 0 Å². The Morgan fingerprint density at radius 3 is 2.33 bits per heavy atom. The first-order chi connectivity index (χ1) is 40.5. The van der Waals surface area contributed by atoms with E-state index in [-0.39, 0.29) is 92.5 Å². The Kier molecular flexibility index (Phi) is 15.8. The van der Waals surface area contributed by atoms with Crippen LogP contribution in [0.2, 0.25) is 0 Å². The summed E-state index contributed by atoms with van der Waals surface area (Å²) in [5, 5.41) is 20.4. The molecule has 0 radical (unpaired) electrons. The molecule has 3 amide bonds. The normalized spacial score (nSPS) is 20.5. The number of cyclic esters (lactones) is 1. The quantitative estimate of drug-likeness (QED) is 0.0493. The highest BCUT2D eigenvalue weighted by molar-refractivity contribution is 6.06. The first kappa shape index (κ1) is 56.8. The average molecular weight is 1150 g/mol. The van der Waals surface area contributed by atoms with Gasteiger partial charge < -0.3 is 62.9 Å². The van der Waals surface area contributed by atoms with Crippen molar-refractivity contribution in [3.8, 4) is 39.8 Å². The van der Waals surface area contributed by atoms with Gasteiger partial charge in [0.15, 0.2) is 29.3 Å². The molecular weight excluding hydrogens is 1090 g/mol. The lowest BCUT2D eigenvalue weighted by Gasteiger charge is -2.42. The number of nitrogens with zero attached hydrogens (tertiary/aromatic N) is 2. The lowest BCUT2D eigenvalue weighted by molar-refractivity contribution is -0.248. The summed E-state index contributed by atoms with van der Waals surface area (Å²) < 4.78 is 53.5. The molecule has 22 heteroatoms. The second-order valence-electron chi connectivity index (χ2n) is 21.4. The summed E-state index contributed by atoms with van der Waals surface area (Å²) in [4.78, 5) is 98.6. The van der Waals surface area contributed by atoms with Crippen LogP contribution in [0.3, 0.4) is 0 Å². The highest BCUT2D eigenvalue weighted by Crippen LogP contribution is 2.50. The van der Waals surface area contributed by atoms with Crippen molar-refractivity contribution in [1.29, 1.82) is 0 Å². The van der Waals surface area contributed by atoms with E-state index in [9.17, 15) is 38.7 Å². The monoisotopic (exact) mass is 1150 g/mol. The zero-order valence-corrected chi connectivity index (χ0v) is 47.1. The number of aryl methyl sites for hydroxylation is 1. The van der Waals surface area contributed by atoms with E-state index in [4.69, 9.17) is 47.6 Å². The van der Waals surface area contributed by atoms with Crippen LogP contribution in [-0.4, -0.2) is 96.2 Å². The molecule has 0 saturated carbocycles. The smallest absolute Gasteiger partial charge is 0.412 e. The van der Waals surface area contributed by atoms with Crippen LogP contribution >= 0.6 is 0 Å². The number of anilines is 2. The number of pyridine rings is 2. The number of carbonyl (C=O) groups excluding carboxylic acids is 6. The van der Waals surface area contributed by atoms with E-state index in [1.165, 1.54) is 26.2 Å². The summed E-state index contributed by atoms with van der Waals surface area (Å²) in [6.07, 6.45) is -3.30. The summed E-state index contributed by atoms with van der Waals surface area (Å²) in [5.41, 5.74) is 5.65. The molecule has 4 N–H and O–H groups in total. The van der Waals surface area contributed by atoms with Gasteiger partial charge in [-0.3, -0.25) is 19.7 Å². The molecule has 1 saturated heterocycles. The third kappa shape index (κ3) is 10.5. The van der Waals surface area contributed by atoms with E-state index in [1.54, 1.807) is 43.5 Å². The summed E-state index contributed by atoms with van der Waals surface area (Å²) in [7, 11) is 1.23. The van der Waals surface area contributed by atoms with Crippen LogP contribution in [0.15, 0.2) is 83.7 Å². The second kappa shape index (κ2) is 23.3. The molecule has 0 bridgehead atoms. The number of alkyl carbamates (subject to hydrolysis) is 1. The van der Waals surface area contributed by atoms with Crippen LogP contribution in [0.4, 0.5) is 21.0 Å². The summed E-state index contributed by atoms with van der Waals surface area (Å²) in [6, 6.07) is 23.8. The molecule has 0 spiro atoms. The number of aliphatic hydroxyl groups is 1. The fourth-order valence-corrected chi connectivity index (χ4v) is 11.9. The second-order valence-corrected chi connectivity index (χ2v) is 21.4. The van der Waals surface area contributed by atoms with Crippen molar-refractivity contribution in [1.82, 2.24) is 14.9 Å².